The summed E-state index contributed by atoms with van der Waals surface area (Å²) in [6, 6.07) is 30.6. The Kier molecular flexibility index (Phi) is 6.11. The minimum atomic E-state index is -0.0884. The molecule has 3 N–H and O–H groups in total. The van der Waals surface area contributed by atoms with Crippen molar-refractivity contribution in [1.29, 1.82) is 0 Å². The second kappa shape index (κ2) is 9.86. The molecule has 0 radical (unpaired) electrons. The van der Waals surface area contributed by atoms with E-state index in [1.807, 2.05) is 54.6 Å². The molecule has 0 spiro atoms. The number of nitrogen functional groups attached to an aromatic ring is 1. The first-order chi connectivity index (χ1) is 18.1. The Bertz CT molecular complexity index is 1610. The third-order valence-electron chi connectivity index (χ3n) is 6.99. The molecule has 0 fully saturated rings. The van der Waals surface area contributed by atoms with Gasteiger partial charge in [0.2, 0.25) is 5.91 Å². The SMILES string of the molecule is Nc1ccc2c(c1)CCc1nc(NC(=O)Cc3ccc4ccccc4c3)c(CCc3ccccc3)nc1-2. The molecular weight excluding hydrogens is 456 g/mol. The Labute approximate surface area is 216 Å². The molecular formula is C32H28N4O. The Hall–Kier alpha value is -4.51. The van der Waals surface area contributed by atoms with Crippen LogP contribution in [0, 0.1) is 0 Å². The Morgan fingerprint density at radius 2 is 1.59 bits per heavy atom. The molecule has 1 aliphatic carbocycles. The molecule has 0 saturated heterocycles. The van der Waals surface area contributed by atoms with E-state index in [-0.39, 0.29) is 12.3 Å². The van der Waals surface area contributed by atoms with Crippen molar-refractivity contribution in [2.24, 2.45) is 0 Å². The fourth-order valence-corrected chi connectivity index (χ4v) is 5.09. The van der Waals surface area contributed by atoms with Crippen LogP contribution in [0.15, 0.2) is 91.0 Å². The summed E-state index contributed by atoms with van der Waals surface area (Å²) in [5.74, 6) is 0.480. The molecule has 1 aromatic heterocycles. The fraction of sp³-hybridized carbons (Fsp3) is 0.156. The molecule has 4 aromatic carbocycles. The lowest BCUT2D eigenvalue weighted by atomic mass is 9.91. The normalized spacial score (nSPS) is 12.1. The molecule has 5 aromatic rings. The number of anilines is 2. The minimum absolute atomic E-state index is 0.0884. The summed E-state index contributed by atoms with van der Waals surface area (Å²) in [5, 5.41) is 5.39. The van der Waals surface area contributed by atoms with E-state index in [0.717, 1.165) is 63.9 Å². The van der Waals surface area contributed by atoms with Crippen LogP contribution in [-0.4, -0.2) is 15.9 Å². The summed E-state index contributed by atoms with van der Waals surface area (Å²) >= 11 is 0. The van der Waals surface area contributed by atoms with Gasteiger partial charge in [0.25, 0.3) is 0 Å². The summed E-state index contributed by atoms with van der Waals surface area (Å²) in [7, 11) is 0. The number of aryl methyl sites for hydroxylation is 4. The predicted molar refractivity (Wildman–Crippen MR) is 149 cm³/mol. The van der Waals surface area contributed by atoms with Gasteiger partial charge in [0.05, 0.1) is 23.5 Å². The molecule has 6 rings (SSSR count). The van der Waals surface area contributed by atoms with Gasteiger partial charge in [0.15, 0.2) is 5.82 Å². The van der Waals surface area contributed by atoms with Crippen molar-refractivity contribution in [2.75, 3.05) is 11.1 Å². The monoisotopic (exact) mass is 484 g/mol. The van der Waals surface area contributed by atoms with Crippen molar-refractivity contribution in [3.8, 4) is 11.3 Å². The number of nitrogens with one attached hydrogen (secondary N) is 1. The van der Waals surface area contributed by atoms with Crippen LogP contribution in [0.1, 0.15) is 28.1 Å². The molecule has 0 aliphatic heterocycles. The molecule has 182 valence electrons. The highest BCUT2D eigenvalue weighted by atomic mass is 16.1. The largest absolute Gasteiger partial charge is 0.399 e. The van der Waals surface area contributed by atoms with E-state index in [1.165, 1.54) is 11.1 Å². The molecule has 1 heterocycles. The van der Waals surface area contributed by atoms with Crippen molar-refractivity contribution < 1.29 is 4.79 Å². The predicted octanol–water partition coefficient (Wildman–Crippen LogP) is 5.94. The number of fused-ring (bicyclic) bond motifs is 4. The maximum atomic E-state index is 13.2. The van der Waals surface area contributed by atoms with Gasteiger partial charge in [-0.05, 0) is 65.3 Å². The third kappa shape index (κ3) is 4.94. The standard InChI is InChI=1S/C32H28N4O/c33-26-14-15-27-25(20-26)13-17-28-31(27)34-29(16-11-21-6-2-1-3-7-21)32(35-28)36-30(37)19-22-10-12-23-8-4-5-9-24(23)18-22/h1-10,12,14-15,18,20H,11,13,16-17,19,33H2,(H,35,36,37). The zero-order valence-corrected chi connectivity index (χ0v) is 20.6. The first kappa shape index (κ1) is 22.9. The second-order valence-electron chi connectivity index (χ2n) is 9.62. The van der Waals surface area contributed by atoms with E-state index in [9.17, 15) is 4.79 Å². The van der Waals surface area contributed by atoms with Crippen LogP contribution >= 0.6 is 0 Å². The summed E-state index contributed by atoms with van der Waals surface area (Å²) in [6.45, 7) is 0. The number of nitrogens with two attached hydrogens (primary N) is 1. The number of hydrogen-bond donors (Lipinski definition) is 2. The van der Waals surface area contributed by atoms with Crippen LogP contribution in [0.4, 0.5) is 11.5 Å². The number of amides is 1. The number of nitrogens with zero attached hydrogens (tertiary/aromatic N) is 2. The van der Waals surface area contributed by atoms with Gasteiger partial charge in [-0.3, -0.25) is 4.79 Å². The molecule has 0 bridgehead atoms. The second-order valence-corrected chi connectivity index (χ2v) is 9.62. The van der Waals surface area contributed by atoms with Crippen LogP contribution in [-0.2, 0) is 36.9 Å². The zero-order chi connectivity index (χ0) is 25.2. The lowest BCUT2D eigenvalue weighted by molar-refractivity contribution is -0.115. The van der Waals surface area contributed by atoms with Crippen molar-refractivity contribution in [3.63, 3.8) is 0 Å². The summed E-state index contributed by atoms with van der Waals surface area (Å²) in [6.07, 6.45) is 3.40. The summed E-state index contributed by atoms with van der Waals surface area (Å²) < 4.78 is 0. The van der Waals surface area contributed by atoms with Gasteiger partial charge >= 0.3 is 0 Å². The van der Waals surface area contributed by atoms with Gasteiger partial charge in [-0.25, -0.2) is 9.97 Å². The van der Waals surface area contributed by atoms with Crippen molar-refractivity contribution >= 4 is 28.2 Å². The molecule has 5 nitrogen and oxygen atoms in total. The van der Waals surface area contributed by atoms with Gasteiger partial charge in [-0.1, -0.05) is 78.9 Å². The number of carbonyl (C=O) groups excluding carboxylic acids is 1. The van der Waals surface area contributed by atoms with E-state index < -0.39 is 0 Å². The quantitative estimate of drug-likeness (QED) is 0.292. The van der Waals surface area contributed by atoms with Crippen LogP contribution in [0.25, 0.3) is 22.0 Å². The number of benzene rings is 4. The van der Waals surface area contributed by atoms with E-state index in [2.05, 4.69) is 41.7 Å². The first-order valence-corrected chi connectivity index (χ1v) is 12.7. The molecule has 0 atom stereocenters. The minimum Gasteiger partial charge on any atom is -0.399 e. The highest BCUT2D eigenvalue weighted by Crippen LogP contribution is 2.34. The molecule has 1 aliphatic rings. The number of aromatic nitrogens is 2. The van der Waals surface area contributed by atoms with E-state index in [1.54, 1.807) is 0 Å². The van der Waals surface area contributed by atoms with E-state index >= 15 is 0 Å². The van der Waals surface area contributed by atoms with Crippen LogP contribution in [0.3, 0.4) is 0 Å². The van der Waals surface area contributed by atoms with Crippen LogP contribution < -0.4 is 11.1 Å². The van der Waals surface area contributed by atoms with Gasteiger partial charge in [0, 0.05) is 11.3 Å². The lowest BCUT2D eigenvalue weighted by Gasteiger charge is -2.21. The number of rotatable bonds is 6. The van der Waals surface area contributed by atoms with Gasteiger partial charge in [-0.2, -0.15) is 0 Å². The van der Waals surface area contributed by atoms with Crippen LogP contribution in [0.5, 0.6) is 0 Å². The summed E-state index contributed by atoms with van der Waals surface area (Å²) in [5.41, 5.74) is 13.9. The average molecular weight is 485 g/mol. The topological polar surface area (TPSA) is 80.9 Å². The van der Waals surface area contributed by atoms with Crippen molar-refractivity contribution in [1.82, 2.24) is 9.97 Å². The van der Waals surface area contributed by atoms with Gasteiger partial charge < -0.3 is 11.1 Å². The third-order valence-corrected chi connectivity index (χ3v) is 6.99. The molecule has 5 heteroatoms. The average Bonchev–Trinajstić information content (AvgIpc) is 2.92. The number of carbonyl (C=O) groups is 1. The molecule has 0 saturated carbocycles. The maximum absolute atomic E-state index is 13.2. The molecule has 37 heavy (non-hydrogen) atoms. The maximum Gasteiger partial charge on any atom is 0.229 e. The number of hydrogen-bond acceptors (Lipinski definition) is 4. The molecule has 1 amide bonds. The fourth-order valence-electron chi connectivity index (χ4n) is 5.09. The van der Waals surface area contributed by atoms with Gasteiger partial charge in [0.1, 0.15) is 0 Å². The molecule has 0 unspecified atom stereocenters. The Morgan fingerprint density at radius 1 is 0.784 bits per heavy atom. The lowest BCUT2D eigenvalue weighted by Crippen LogP contribution is -2.20. The smallest absolute Gasteiger partial charge is 0.229 e. The Morgan fingerprint density at radius 3 is 2.46 bits per heavy atom. The van der Waals surface area contributed by atoms with Crippen molar-refractivity contribution in [3.05, 3.63) is 119 Å². The van der Waals surface area contributed by atoms with E-state index in [4.69, 9.17) is 15.7 Å². The van der Waals surface area contributed by atoms with Crippen molar-refractivity contribution in [2.45, 2.75) is 32.1 Å². The highest BCUT2D eigenvalue weighted by Gasteiger charge is 2.22. The van der Waals surface area contributed by atoms with E-state index in [0.29, 0.717) is 12.2 Å². The zero-order valence-electron chi connectivity index (χ0n) is 20.6. The first-order valence-electron chi connectivity index (χ1n) is 12.7. The highest BCUT2D eigenvalue weighted by molar-refractivity contribution is 5.93. The summed E-state index contributed by atoms with van der Waals surface area (Å²) in [4.78, 5) is 23.2. The van der Waals surface area contributed by atoms with Gasteiger partial charge in [-0.15, -0.1) is 0 Å². The van der Waals surface area contributed by atoms with Crippen LogP contribution in [0.2, 0.25) is 0 Å². The Balaban J connectivity index is 1.30.